The van der Waals surface area contributed by atoms with E-state index in [4.69, 9.17) is 9.47 Å². The van der Waals surface area contributed by atoms with Crippen LogP contribution in [0, 0.1) is 6.92 Å². The number of hydrogen-bond acceptors (Lipinski definition) is 8. The summed E-state index contributed by atoms with van der Waals surface area (Å²) in [5, 5.41) is 6.52. The maximum Gasteiger partial charge on any atom is 0.411 e. The van der Waals surface area contributed by atoms with Gasteiger partial charge in [0, 0.05) is 22.8 Å². The van der Waals surface area contributed by atoms with Gasteiger partial charge in [0.2, 0.25) is 5.91 Å². The van der Waals surface area contributed by atoms with E-state index in [2.05, 4.69) is 10.6 Å². The lowest BCUT2D eigenvalue weighted by atomic mass is 10.1. The first-order valence-electron chi connectivity index (χ1n) is 15.8. The summed E-state index contributed by atoms with van der Waals surface area (Å²) in [5.74, 6) is -0.547. The fourth-order valence-electron chi connectivity index (χ4n) is 6.34. The lowest BCUT2D eigenvalue weighted by Crippen LogP contribution is -2.37. The summed E-state index contributed by atoms with van der Waals surface area (Å²) < 4.78 is 41.8. The van der Waals surface area contributed by atoms with Gasteiger partial charge in [0.1, 0.15) is 11.9 Å². The van der Waals surface area contributed by atoms with E-state index in [1.165, 1.54) is 29.9 Å². The molecule has 47 heavy (non-hydrogen) atoms. The monoisotopic (exact) mass is 658 g/mol. The van der Waals surface area contributed by atoms with Gasteiger partial charge in [0.25, 0.3) is 15.9 Å². The molecule has 2 aliphatic rings. The van der Waals surface area contributed by atoms with E-state index in [9.17, 15) is 22.8 Å². The molecule has 1 aliphatic heterocycles. The highest BCUT2D eigenvalue weighted by molar-refractivity contribution is 7.89. The van der Waals surface area contributed by atoms with Crippen LogP contribution in [0.5, 0.6) is 5.75 Å². The normalized spacial score (nSPS) is 16.7. The number of benzene rings is 3. The fourth-order valence-corrected chi connectivity index (χ4v) is 7.93. The number of methoxy groups -OCH3 is 1. The molecular weight excluding hydrogens is 620 g/mol. The van der Waals surface area contributed by atoms with Crippen molar-refractivity contribution in [3.05, 3.63) is 89.6 Å². The largest absolute Gasteiger partial charge is 0.497 e. The number of carbonyl (C=O) groups excluding carboxylic acids is 3. The number of aryl methyl sites for hydroxylation is 1. The first-order chi connectivity index (χ1) is 22.7. The predicted octanol–water partition coefficient (Wildman–Crippen LogP) is 5.87. The van der Waals surface area contributed by atoms with Crippen molar-refractivity contribution in [2.45, 2.75) is 69.0 Å². The van der Waals surface area contributed by atoms with E-state index in [-0.39, 0.29) is 29.0 Å². The maximum atomic E-state index is 14.3. The minimum Gasteiger partial charge on any atom is -0.497 e. The zero-order valence-electron chi connectivity index (χ0n) is 26.4. The van der Waals surface area contributed by atoms with Gasteiger partial charge in [-0.05, 0) is 106 Å². The van der Waals surface area contributed by atoms with E-state index in [0.29, 0.717) is 39.9 Å². The van der Waals surface area contributed by atoms with E-state index < -0.39 is 28.1 Å². The Hall–Kier alpha value is -4.68. The molecule has 1 aliphatic carbocycles. The van der Waals surface area contributed by atoms with Crippen LogP contribution in [0.3, 0.4) is 0 Å². The summed E-state index contributed by atoms with van der Waals surface area (Å²) in [6.45, 7) is 2.01. The molecule has 2 N–H and O–H groups in total. The van der Waals surface area contributed by atoms with Crippen molar-refractivity contribution in [2.24, 2.45) is 0 Å². The van der Waals surface area contributed by atoms with Crippen LogP contribution in [0.2, 0.25) is 0 Å². The number of hydrogen-bond donors (Lipinski definition) is 2. The first-order valence-corrected chi connectivity index (χ1v) is 17.3. The number of nitrogens with zero attached hydrogens (tertiary/aromatic N) is 2. The average molecular weight is 659 g/mol. The van der Waals surface area contributed by atoms with Gasteiger partial charge in [0.05, 0.1) is 30.1 Å². The number of anilines is 1. The number of aromatic nitrogens is 1. The molecule has 1 atom stereocenters. The molecule has 11 nitrogen and oxygen atoms in total. The molecule has 4 aromatic rings. The van der Waals surface area contributed by atoms with Crippen molar-refractivity contribution in [3.63, 3.8) is 0 Å². The number of carbonyl (C=O) groups is 3. The van der Waals surface area contributed by atoms with Gasteiger partial charge in [-0.3, -0.25) is 19.5 Å². The number of sulfonamides is 1. The summed E-state index contributed by atoms with van der Waals surface area (Å²) in [6.07, 6.45) is 6.08. The molecule has 12 heteroatoms. The summed E-state index contributed by atoms with van der Waals surface area (Å²) >= 11 is 0. The number of rotatable bonds is 9. The van der Waals surface area contributed by atoms with E-state index in [0.717, 1.165) is 43.0 Å². The smallest absolute Gasteiger partial charge is 0.411 e. The van der Waals surface area contributed by atoms with Crippen LogP contribution in [-0.4, -0.2) is 61.0 Å². The van der Waals surface area contributed by atoms with Crippen LogP contribution in [0.1, 0.15) is 64.8 Å². The Labute approximate surface area is 273 Å². The van der Waals surface area contributed by atoms with Crippen molar-refractivity contribution in [1.82, 2.24) is 14.2 Å². The Morgan fingerprint density at radius 1 is 0.979 bits per heavy atom. The molecule has 1 aromatic heterocycles. The van der Waals surface area contributed by atoms with Gasteiger partial charge in [-0.2, -0.15) is 0 Å². The third-order valence-electron chi connectivity index (χ3n) is 8.82. The first kappa shape index (κ1) is 32.3. The third kappa shape index (κ3) is 6.75. The van der Waals surface area contributed by atoms with Crippen LogP contribution in [0.25, 0.3) is 10.9 Å². The Bertz CT molecular complexity index is 1930. The molecule has 0 radical (unpaired) electrons. The molecule has 1 unspecified atom stereocenters. The summed E-state index contributed by atoms with van der Waals surface area (Å²) in [4.78, 5) is 40.6. The van der Waals surface area contributed by atoms with Gasteiger partial charge in [-0.15, -0.1) is 0 Å². The molecule has 1 saturated heterocycles. The predicted molar refractivity (Wildman–Crippen MR) is 177 cm³/mol. The highest BCUT2D eigenvalue weighted by Crippen LogP contribution is 2.31. The number of amides is 2. The summed E-state index contributed by atoms with van der Waals surface area (Å²) in [7, 11) is -2.92. The standard InChI is InChI=1S/C35H38N4O7S/c1-23-9-3-6-15-32(23)47(43,44)39(33(40)24-10-7-13-28(19-24)45-2)22-25-21-38(34(41)30-14-8-18-36-30)31-17-16-26(20-29(25)31)37-35(42)46-27-11-4-5-12-27/h3,6-7,9-10,13,15-17,19-21,27,30,36H,4-5,8,11-12,14,18,22H2,1-2H3,(H,37,42). The average Bonchev–Trinajstić information content (AvgIpc) is 3.85. The number of nitrogens with one attached hydrogen (secondary N) is 2. The highest BCUT2D eigenvalue weighted by atomic mass is 32.2. The van der Waals surface area contributed by atoms with E-state index in [1.54, 1.807) is 61.7 Å². The Balaban J connectivity index is 1.44. The van der Waals surface area contributed by atoms with Crippen molar-refractivity contribution < 1.29 is 32.3 Å². The molecule has 1 saturated carbocycles. The molecule has 6 rings (SSSR count). The van der Waals surface area contributed by atoms with Crippen molar-refractivity contribution in [2.75, 3.05) is 19.0 Å². The lowest BCUT2D eigenvalue weighted by molar-refractivity contribution is 0.0854. The van der Waals surface area contributed by atoms with Crippen LogP contribution in [0.4, 0.5) is 10.5 Å². The van der Waals surface area contributed by atoms with Crippen LogP contribution >= 0.6 is 0 Å². The Morgan fingerprint density at radius 3 is 2.49 bits per heavy atom. The Morgan fingerprint density at radius 2 is 1.77 bits per heavy atom. The van der Waals surface area contributed by atoms with Gasteiger partial charge in [-0.25, -0.2) is 17.5 Å². The van der Waals surface area contributed by atoms with Crippen LogP contribution in [-0.2, 0) is 21.3 Å². The zero-order chi connectivity index (χ0) is 33.1. The second-order valence-corrected chi connectivity index (χ2v) is 13.8. The van der Waals surface area contributed by atoms with Gasteiger partial charge in [0.15, 0.2) is 0 Å². The summed E-state index contributed by atoms with van der Waals surface area (Å²) in [6, 6.07) is 17.4. The molecule has 2 heterocycles. The molecule has 0 spiro atoms. The topological polar surface area (TPSA) is 136 Å². The number of ether oxygens (including phenoxy) is 2. The lowest BCUT2D eigenvalue weighted by Gasteiger charge is -2.24. The van der Waals surface area contributed by atoms with E-state index in [1.807, 2.05) is 0 Å². The molecule has 2 amide bonds. The van der Waals surface area contributed by atoms with Crippen molar-refractivity contribution in [1.29, 1.82) is 0 Å². The zero-order valence-corrected chi connectivity index (χ0v) is 27.2. The maximum absolute atomic E-state index is 14.3. The molecule has 0 bridgehead atoms. The van der Waals surface area contributed by atoms with Crippen molar-refractivity contribution >= 4 is 44.5 Å². The quantitative estimate of drug-likeness (QED) is 0.228. The molecule has 3 aromatic carbocycles. The van der Waals surface area contributed by atoms with Gasteiger partial charge < -0.3 is 14.8 Å². The van der Waals surface area contributed by atoms with Gasteiger partial charge >= 0.3 is 6.09 Å². The Kier molecular flexibility index (Phi) is 9.33. The highest BCUT2D eigenvalue weighted by Gasteiger charge is 2.34. The minimum atomic E-state index is -4.39. The van der Waals surface area contributed by atoms with E-state index >= 15 is 0 Å². The fraction of sp³-hybridized carbons (Fsp3) is 0.343. The molecular formula is C35H38N4O7S. The van der Waals surface area contributed by atoms with Crippen LogP contribution < -0.4 is 15.4 Å². The molecule has 2 fully saturated rings. The SMILES string of the molecule is COc1cccc(C(=O)N(Cc2cn(C(=O)C3CCCN3)c3ccc(NC(=O)OC4CCCC4)cc23)S(=O)(=O)c2ccccc2C)c1. The second kappa shape index (κ2) is 13.6. The number of fused-ring (bicyclic) bond motifs is 1. The second-order valence-electron chi connectivity index (χ2n) is 12.0. The third-order valence-corrected chi connectivity index (χ3v) is 10.7. The van der Waals surface area contributed by atoms with Gasteiger partial charge in [-0.1, -0.05) is 24.3 Å². The van der Waals surface area contributed by atoms with Crippen molar-refractivity contribution in [3.8, 4) is 5.75 Å². The summed E-state index contributed by atoms with van der Waals surface area (Å²) in [5.41, 5.74) is 1.95. The molecule has 246 valence electrons. The minimum absolute atomic E-state index is 0.0109. The van der Waals surface area contributed by atoms with Crippen LogP contribution in [0.15, 0.2) is 77.8 Å².